The van der Waals surface area contributed by atoms with Crippen LogP contribution in [0.1, 0.15) is 11.1 Å². The highest BCUT2D eigenvalue weighted by Crippen LogP contribution is 2.25. The molecule has 23 heavy (non-hydrogen) atoms. The molecular formula is C18H22N4O. The Morgan fingerprint density at radius 2 is 1.96 bits per heavy atom. The average Bonchev–Trinajstić information content (AvgIpc) is 2.91. The highest BCUT2D eigenvalue weighted by atomic mass is 16.5. The van der Waals surface area contributed by atoms with Gasteiger partial charge < -0.3 is 15.0 Å². The van der Waals surface area contributed by atoms with Crippen LogP contribution >= 0.6 is 0 Å². The summed E-state index contributed by atoms with van der Waals surface area (Å²) in [6, 6.07) is 10.2. The molecule has 0 aliphatic rings. The summed E-state index contributed by atoms with van der Waals surface area (Å²) >= 11 is 0. The van der Waals surface area contributed by atoms with Gasteiger partial charge in [-0.1, -0.05) is 6.07 Å². The lowest BCUT2D eigenvalue weighted by atomic mass is 10.1. The van der Waals surface area contributed by atoms with E-state index >= 15 is 0 Å². The Kier molecular flexibility index (Phi) is 4.69. The van der Waals surface area contributed by atoms with Gasteiger partial charge in [0.05, 0.1) is 24.2 Å². The van der Waals surface area contributed by atoms with E-state index in [0.29, 0.717) is 19.8 Å². The van der Waals surface area contributed by atoms with E-state index in [1.807, 2.05) is 18.2 Å². The SMILES string of the molecule is Cc1cc2nc(-c3ccccn3)n(CCOCCN)c2cc1C. The number of nitrogens with two attached hydrogens (primary N) is 1. The van der Waals surface area contributed by atoms with Crippen LogP contribution < -0.4 is 5.73 Å². The zero-order chi connectivity index (χ0) is 16.2. The standard InChI is InChI=1S/C18H22N4O/c1-13-11-16-17(12-14(13)2)22(8-10-23-9-6-19)18(21-16)15-5-3-4-7-20-15/h3-5,7,11-12H,6,8-10,19H2,1-2H3. The van der Waals surface area contributed by atoms with Crippen LogP contribution in [-0.2, 0) is 11.3 Å². The van der Waals surface area contributed by atoms with Crippen LogP contribution in [0.25, 0.3) is 22.6 Å². The van der Waals surface area contributed by atoms with Gasteiger partial charge in [-0.05, 0) is 49.2 Å². The summed E-state index contributed by atoms with van der Waals surface area (Å²) in [7, 11) is 0. The number of benzene rings is 1. The first-order valence-corrected chi connectivity index (χ1v) is 7.87. The third-order valence-electron chi connectivity index (χ3n) is 3.98. The van der Waals surface area contributed by atoms with Gasteiger partial charge in [0.15, 0.2) is 5.82 Å². The van der Waals surface area contributed by atoms with Gasteiger partial charge in [-0.15, -0.1) is 0 Å². The first-order chi connectivity index (χ1) is 11.2. The molecule has 3 aromatic rings. The van der Waals surface area contributed by atoms with Crippen molar-refractivity contribution in [1.82, 2.24) is 14.5 Å². The second kappa shape index (κ2) is 6.89. The average molecular weight is 310 g/mol. The predicted molar refractivity (Wildman–Crippen MR) is 92.3 cm³/mol. The van der Waals surface area contributed by atoms with Crippen LogP contribution in [0.5, 0.6) is 0 Å². The first-order valence-electron chi connectivity index (χ1n) is 7.87. The Bertz CT molecular complexity index is 796. The van der Waals surface area contributed by atoms with Crippen LogP contribution in [0.3, 0.4) is 0 Å². The molecule has 0 spiro atoms. The van der Waals surface area contributed by atoms with E-state index in [1.165, 1.54) is 11.1 Å². The maximum absolute atomic E-state index is 5.56. The lowest BCUT2D eigenvalue weighted by molar-refractivity contribution is 0.134. The van der Waals surface area contributed by atoms with Crippen molar-refractivity contribution >= 4 is 11.0 Å². The fourth-order valence-corrected chi connectivity index (χ4v) is 2.64. The Morgan fingerprint density at radius 3 is 2.70 bits per heavy atom. The number of pyridine rings is 1. The molecule has 5 heteroatoms. The fraction of sp³-hybridized carbons (Fsp3) is 0.333. The molecule has 5 nitrogen and oxygen atoms in total. The molecule has 0 bridgehead atoms. The molecule has 0 saturated carbocycles. The Hall–Kier alpha value is -2.24. The summed E-state index contributed by atoms with van der Waals surface area (Å²) < 4.78 is 7.74. The van der Waals surface area contributed by atoms with Crippen molar-refractivity contribution in [2.75, 3.05) is 19.8 Å². The minimum atomic E-state index is 0.538. The topological polar surface area (TPSA) is 66.0 Å². The first kappa shape index (κ1) is 15.6. The van der Waals surface area contributed by atoms with Crippen molar-refractivity contribution in [2.24, 2.45) is 5.73 Å². The van der Waals surface area contributed by atoms with Crippen LogP contribution in [0.2, 0.25) is 0 Å². The fourth-order valence-electron chi connectivity index (χ4n) is 2.64. The number of fused-ring (bicyclic) bond motifs is 1. The lowest BCUT2D eigenvalue weighted by Crippen LogP contribution is -2.13. The second-order valence-electron chi connectivity index (χ2n) is 5.63. The molecule has 2 heterocycles. The number of imidazole rings is 1. The molecule has 0 saturated heterocycles. The zero-order valence-electron chi connectivity index (χ0n) is 13.6. The molecule has 120 valence electrons. The summed E-state index contributed by atoms with van der Waals surface area (Å²) in [4.78, 5) is 9.25. The molecule has 2 N–H and O–H groups in total. The van der Waals surface area contributed by atoms with E-state index in [0.717, 1.165) is 29.1 Å². The molecular weight excluding hydrogens is 288 g/mol. The van der Waals surface area contributed by atoms with E-state index < -0.39 is 0 Å². The summed E-state index contributed by atoms with van der Waals surface area (Å²) in [5.74, 6) is 0.877. The van der Waals surface area contributed by atoms with Crippen molar-refractivity contribution in [3.63, 3.8) is 0 Å². The molecule has 0 atom stereocenters. The molecule has 0 aliphatic heterocycles. The van der Waals surface area contributed by atoms with Gasteiger partial charge in [-0.3, -0.25) is 4.98 Å². The maximum atomic E-state index is 5.56. The van der Waals surface area contributed by atoms with Gasteiger partial charge in [-0.2, -0.15) is 0 Å². The van der Waals surface area contributed by atoms with E-state index in [-0.39, 0.29) is 0 Å². The molecule has 0 fully saturated rings. The Morgan fingerprint density at radius 1 is 1.13 bits per heavy atom. The number of ether oxygens (including phenoxy) is 1. The van der Waals surface area contributed by atoms with E-state index in [2.05, 4.69) is 35.5 Å². The van der Waals surface area contributed by atoms with Gasteiger partial charge in [0, 0.05) is 19.3 Å². The van der Waals surface area contributed by atoms with Crippen molar-refractivity contribution < 1.29 is 4.74 Å². The van der Waals surface area contributed by atoms with Gasteiger partial charge in [0.1, 0.15) is 5.69 Å². The number of aromatic nitrogens is 3. The highest BCUT2D eigenvalue weighted by molar-refractivity contribution is 5.81. The van der Waals surface area contributed by atoms with Crippen LogP contribution in [-0.4, -0.2) is 34.3 Å². The van der Waals surface area contributed by atoms with Crippen LogP contribution in [0.4, 0.5) is 0 Å². The van der Waals surface area contributed by atoms with Crippen molar-refractivity contribution in [3.05, 3.63) is 47.7 Å². The minimum Gasteiger partial charge on any atom is -0.378 e. The van der Waals surface area contributed by atoms with E-state index in [1.54, 1.807) is 6.20 Å². The van der Waals surface area contributed by atoms with Crippen molar-refractivity contribution in [2.45, 2.75) is 20.4 Å². The molecule has 0 unspecified atom stereocenters. The second-order valence-corrected chi connectivity index (χ2v) is 5.63. The molecule has 2 aromatic heterocycles. The number of aryl methyl sites for hydroxylation is 2. The van der Waals surface area contributed by atoms with Gasteiger partial charge in [-0.25, -0.2) is 4.98 Å². The smallest absolute Gasteiger partial charge is 0.159 e. The van der Waals surface area contributed by atoms with Crippen LogP contribution in [0.15, 0.2) is 36.5 Å². The molecule has 0 amide bonds. The summed E-state index contributed by atoms with van der Waals surface area (Å²) in [6.07, 6.45) is 1.79. The Labute approximate surface area is 136 Å². The zero-order valence-corrected chi connectivity index (χ0v) is 13.6. The maximum Gasteiger partial charge on any atom is 0.159 e. The van der Waals surface area contributed by atoms with Gasteiger partial charge >= 0.3 is 0 Å². The molecule has 0 radical (unpaired) electrons. The van der Waals surface area contributed by atoms with Crippen LogP contribution in [0, 0.1) is 13.8 Å². The number of hydrogen-bond acceptors (Lipinski definition) is 4. The van der Waals surface area contributed by atoms with Gasteiger partial charge in [0.25, 0.3) is 0 Å². The number of hydrogen-bond donors (Lipinski definition) is 1. The summed E-state index contributed by atoms with van der Waals surface area (Å²) in [5.41, 5.74) is 11.0. The quantitative estimate of drug-likeness (QED) is 0.711. The molecule has 1 aromatic carbocycles. The normalized spacial score (nSPS) is 11.3. The number of rotatable bonds is 6. The third kappa shape index (κ3) is 3.25. The minimum absolute atomic E-state index is 0.538. The van der Waals surface area contributed by atoms with Gasteiger partial charge in [0.2, 0.25) is 0 Å². The molecule has 3 rings (SSSR count). The summed E-state index contributed by atoms with van der Waals surface area (Å²) in [6.45, 7) is 6.68. The van der Waals surface area contributed by atoms with E-state index in [9.17, 15) is 0 Å². The lowest BCUT2D eigenvalue weighted by Gasteiger charge is -2.10. The van der Waals surface area contributed by atoms with Crippen molar-refractivity contribution in [3.8, 4) is 11.5 Å². The molecule has 0 aliphatic carbocycles. The Balaban J connectivity index is 2.06. The third-order valence-corrected chi connectivity index (χ3v) is 3.98. The van der Waals surface area contributed by atoms with E-state index in [4.69, 9.17) is 15.5 Å². The number of nitrogens with zero attached hydrogens (tertiary/aromatic N) is 3. The summed E-state index contributed by atoms with van der Waals surface area (Å²) in [5, 5.41) is 0. The predicted octanol–water partition coefficient (Wildman–Crippen LogP) is 2.69. The van der Waals surface area contributed by atoms with Crippen molar-refractivity contribution in [1.29, 1.82) is 0 Å². The largest absolute Gasteiger partial charge is 0.378 e. The highest BCUT2D eigenvalue weighted by Gasteiger charge is 2.14. The monoisotopic (exact) mass is 310 g/mol.